The molecule has 20 nitrogen and oxygen atoms in total. The molecule has 0 rings (SSSR count). The standard InChI is InChI=1S/C49H72N10O10/c1-10-38(60)50-31-48(16-7,32-51-39(61)11-2)33-54-42(64)23-17-18-24-43(65)55-36-49(34-52-40(62)12-3,35-53-41(63)13-4)37-56-44(66)25-19-20-26-47(69)59(29-21-27-57(8)45(67)14-5)30-22-28-58(9)46(68)15-6/h10-15,17-20,23-26,43,55,65H,1-6,16,21-22,27-37H2,7-9H3,(H,50,60)(H,51,61)(H,52,62)(H,53,63)(H,54,64)(H,56,66)/b23-17+,24-18+,25-19-,26-20-. The Labute approximate surface area is 406 Å². The van der Waals surface area contributed by atoms with Crippen LogP contribution in [0.15, 0.2) is 125 Å². The van der Waals surface area contributed by atoms with Crippen molar-refractivity contribution in [1.82, 2.24) is 51.9 Å². The van der Waals surface area contributed by atoms with Gasteiger partial charge in [0.1, 0.15) is 6.23 Å². The van der Waals surface area contributed by atoms with Gasteiger partial charge in [-0.05, 0) is 61.8 Å². The summed E-state index contributed by atoms with van der Waals surface area (Å²) in [6.07, 6.45) is 17.3. The lowest BCUT2D eigenvalue weighted by Crippen LogP contribution is -2.56. The SMILES string of the molecule is C=CC(=O)NCC(CC)(CNC(=O)C=C)CNC(=O)/C=C/C=C/C(O)NCC(CNC(=O)C=C)(CNC(=O)C=C)CNC(=O)/C=C\C=C/C(=O)N(CCCN(C)C(=O)C=C)CCCN(C)C(=O)C=C. The second kappa shape index (κ2) is 34.8. The Morgan fingerprint density at radius 2 is 0.812 bits per heavy atom. The molecule has 69 heavy (non-hydrogen) atoms. The molecule has 0 saturated heterocycles. The molecular weight excluding hydrogens is 889 g/mol. The van der Waals surface area contributed by atoms with E-state index in [2.05, 4.69) is 76.7 Å². The molecule has 0 aromatic rings. The predicted octanol–water partition coefficient (Wildman–Crippen LogP) is -0.159. The third-order valence-electron chi connectivity index (χ3n) is 10.5. The van der Waals surface area contributed by atoms with Crippen LogP contribution >= 0.6 is 0 Å². The first-order chi connectivity index (χ1) is 32.8. The van der Waals surface area contributed by atoms with Crippen LogP contribution in [0.3, 0.4) is 0 Å². The van der Waals surface area contributed by atoms with Crippen molar-refractivity contribution in [2.24, 2.45) is 10.8 Å². The first-order valence-electron chi connectivity index (χ1n) is 22.1. The summed E-state index contributed by atoms with van der Waals surface area (Å²) in [5, 5.41) is 30.0. The minimum Gasteiger partial charge on any atom is -0.375 e. The van der Waals surface area contributed by atoms with Crippen molar-refractivity contribution in [3.8, 4) is 0 Å². The number of nitrogens with one attached hydrogen (secondary N) is 7. The monoisotopic (exact) mass is 961 g/mol. The average molecular weight is 961 g/mol. The van der Waals surface area contributed by atoms with Gasteiger partial charge in [0.15, 0.2) is 0 Å². The summed E-state index contributed by atoms with van der Waals surface area (Å²) in [6.45, 7) is 23.9. The Morgan fingerprint density at radius 3 is 1.17 bits per heavy atom. The minimum absolute atomic E-state index is 0.0891. The molecular formula is C49H72N10O10. The molecule has 0 aromatic carbocycles. The first-order valence-corrected chi connectivity index (χ1v) is 22.1. The summed E-state index contributed by atoms with van der Waals surface area (Å²) >= 11 is 0. The van der Waals surface area contributed by atoms with Crippen LogP contribution in [0.2, 0.25) is 0 Å². The Kier molecular flexibility index (Phi) is 31.0. The molecule has 9 amide bonds. The number of hydrogen-bond acceptors (Lipinski definition) is 11. The fraction of sp³-hybridized carbons (Fsp3) is 0.408. The van der Waals surface area contributed by atoms with E-state index in [0.717, 1.165) is 24.3 Å². The first kappa shape index (κ1) is 61.5. The molecule has 0 aliphatic rings. The van der Waals surface area contributed by atoms with Gasteiger partial charge in [-0.1, -0.05) is 70.7 Å². The summed E-state index contributed by atoms with van der Waals surface area (Å²) in [5.41, 5.74) is -1.90. The fourth-order valence-electron chi connectivity index (χ4n) is 5.94. The predicted molar refractivity (Wildman–Crippen MR) is 266 cm³/mol. The maximum absolute atomic E-state index is 13.2. The zero-order valence-electron chi connectivity index (χ0n) is 40.3. The van der Waals surface area contributed by atoms with E-state index in [0.29, 0.717) is 45.4 Å². The van der Waals surface area contributed by atoms with Crippen LogP contribution in [-0.2, 0) is 43.2 Å². The molecule has 0 aromatic heterocycles. The van der Waals surface area contributed by atoms with Gasteiger partial charge in [-0.25, -0.2) is 0 Å². The largest absolute Gasteiger partial charge is 0.375 e. The molecule has 1 unspecified atom stereocenters. The van der Waals surface area contributed by atoms with Crippen molar-refractivity contribution >= 4 is 53.2 Å². The second-order valence-electron chi connectivity index (χ2n) is 15.7. The quantitative estimate of drug-likeness (QED) is 0.0232. The van der Waals surface area contributed by atoms with Crippen LogP contribution in [0, 0.1) is 10.8 Å². The number of likely N-dealkylation sites (N-methyl/N-ethyl adjacent to an activating group) is 2. The van der Waals surface area contributed by atoms with Crippen LogP contribution in [0.4, 0.5) is 0 Å². The number of carbonyl (C=O) groups is 9. The van der Waals surface area contributed by atoms with Crippen molar-refractivity contribution in [3.63, 3.8) is 0 Å². The highest BCUT2D eigenvalue weighted by Crippen LogP contribution is 2.20. The van der Waals surface area contributed by atoms with Gasteiger partial charge in [-0.15, -0.1) is 0 Å². The van der Waals surface area contributed by atoms with Gasteiger partial charge in [-0.3, -0.25) is 48.5 Å². The van der Waals surface area contributed by atoms with E-state index in [4.69, 9.17) is 0 Å². The molecule has 1 atom stereocenters. The van der Waals surface area contributed by atoms with Crippen LogP contribution in [-0.4, -0.2) is 165 Å². The van der Waals surface area contributed by atoms with Crippen LogP contribution in [0.25, 0.3) is 0 Å². The Hall–Kier alpha value is -7.45. The number of aliphatic hydroxyl groups excluding tert-OH is 1. The van der Waals surface area contributed by atoms with Crippen molar-refractivity contribution in [2.45, 2.75) is 32.4 Å². The lowest BCUT2D eigenvalue weighted by molar-refractivity contribution is -0.127. The van der Waals surface area contributed by atoms with Gasteiger partial charge >= 0.3 is 0 Å². The third-order valence-corrected chi connectivity index (χ3v) is 10.5. The summed E-state index contributed by atoms with van der Waals surface area (Å²) in [6, 6.07) is 0. The van der Waals surface area contributed by atoms with E-state index in [1.807, 2.05) is 6.92 Å². The maximum Gasteiger partial charge on any atom is 0.246 e. The van der Waals surface area contributed by atoms with Crippen molar-refractivity contribution in [2.75, 3.05) is 86.1 Å². The number of rotatable bonds is 36. The van der Waals surface area contributed by atoms with E-state index in [1.165, 1.54) is 70.6 Å². The molecule has 0 aliphatic heterocycles. The van der Waals surface area contributed by atoms with Gasteiger partial charge < -0.3 is 51.7 Å². The smallest absolute Gasteiger partial charge is 0.246 e. The molecule has 0 heterocycles. The van der Waals surface area contributed by atoms with Crippen molar-refractivity contribution < 1.29 is 48.3 Å². The van der Waals surface area contributed by atoms with Gasteiger partial charge in [0.2, 0.25) is 53.2 Å². The summed E-state index contributed by atoms with van der Waals surface area (Å²) < 4.78 is 0. The van der Waals surface area contributed by atoms with Crippen LogP contribution in [0.1, 0.15) is 26.2 Å². The zero-order valence-corrected chi connectivity index (χ0v) is 40.3. The van der Waals surface area contributed by atoms with Gasteiger partial charge in [-0.2, -0.15) is 0 Å². The normalized spacial score (nSPS) is 11.8. The number of allylic oxidation sites excluding steroid dienone is 4. The van der Waals surface area contributed by atoms with E-state index < -0.39 is 52.5 Å². The Balaban J connectivity index is 6.00. The lowest BCUT2D eigenvalue weighted by atomic mass is 9.84. The molecule has 0 fully saturated rings. The molecule has 0 aliphatic carbocycles. The van der Waals surface area contributed by atoms with Gasteiger partial charge in [0.25, 0.3) is 0 Å². The minimum atomic E-state index is -1.32. The number of carbonyl (C=O) groups excluding carboxylic acids is 9. The maximum atomic E-state index is 13.2. The molecule has 0 spiro atoms. The van der Waals surface area contributed by atoms with Crippen molar-refractivity contribution in [1.29, 1.82) is 0 Å². The average Bonchev–Trinajstić information content (AvgIpc) is 3.36. The highest BCUT2D eigenvalue weighted by molar-refractivity contribution is 5.91. The van der Waals surface area contributed by atoms with E-state index in [-0.39, 0.29) is 63.5 Å². The summed E-state index contributed by atoms with van der Waals surface area (Å²) in [4.78, 5) is 116. The molecule has 0 saturated carbocycles. The Morgan fingerprint density at radius 1 is 0.464 bits per heavy atom. The topological polar surface area (TPSA) is 268 Å². The summed E-state index contributed by atoms with van der Waals surface area (Å²) in [7, 11) is 3.25. The van der Waals surface area contributed by atoms with E-state index >= 15 is 0 Å². The zero-order chi connectivity index (χ0) is 52.3. The van der Waals surface area contributed by atoms with E-state index in [1.54, 1.807) is 19.0 Å². The number of hydrogen-bond donors (Lipinski definition) is 8. The highest BCUT2D eigenvalue weighted by Gasteiger charge is 2.32. The fourth-order valence-corrected chi connectivity index (χ4v) is 5.94. The number of nitrogens with zero attached hydrogens (tertiary/aromatic N) is 3. The third kappa shape index (κ3) is 27.1. The van der Waals surface area contributed by atoms with Gasteiger partial charge in [0.05, 0.1) is 0 Å². The molecule has 8 N–H and O–H groups in total. The number of amides is 9. The lowest BCUT2D eigenvalue weighted by Gasteiger charge is -2.35. The van der Waals surface area contributed by atoms with Crippen LogP contribution in [0.5, 0.6) is 0 Å². The molecule has 0 bridgehead atoms. The van der Waals surface area contributed by atoms with Crippen LogP contribution < -0.4 is 37.2 Å². The molecule has 0 radical (unpaired) electrons. The Bertz CT molecular complexity index is 1880. The molecule has 20 heteroatoms. The second-order valence-corrected chi connectivity index (χ2v) is 15.7. The van der Waals surface area contributed by atoms with Gasteiger partial charge in [0, 0.05) is 115 Å². The number of aliphatic hydroxyl groups is 1. The molecule has 378 valence electrons. The summed E-state index contributed by atoms with van der Waals surface area (Å²) in [5.74, 6) is -3.87. The van der Waals surface area contributed by atoms with Crippen molar-refractivity contribution in [3.05, 3.63) is 125 Å². The highest BCUT2D eigenvalue weighted by atomic mass is 16.3. The van der Waals surface area contributed by atoms with E-state index in [9.17, 15) is 48.3 Å².